The largest absolute Gasteiger partial charge is 0.319 e. The normalized spacial score (nSPS) is 17.1. The molecule has 0 amide bonds. The van der Waals surface area contributed by atoms with Gasteiger partial charge in [-0.05, 0) is 56.0 Å². The molecule has 1 aromatic rings. The monoisotopic (exact) mass is 296 g/mol. The highest BCUT2D eigenvalue weighted by Crippen LogP contribution is 2.44. The van der Waals surface area contributed by atoms with Gasteiger partial charge in [0.1, 0.15) is 0 Å². The van der Waals surface area contributed by atoms with Crippen LogP contribution in [-0.4, -0.2) is 26.7 Å². The van der Waals surface area contributed by atoms with Crippen LogP contribution in [0.1, 0.15) is 18.4 Å². The van der Waals surface area contributed by atoms with Gasteiger partial charge in [0.05, 0.1) is 0 Å². The van der Waals surface area contributed by atoms with Crippen LogP contribution in [0.25, 0.3) is 0 Å². The smallest absolute Gasteiger partial charge is 0.0175 e. The van der Waals surface area contributed by atoms with Gasteiger partial charge in [0.15, 0.2) is 0 Å². The number of benzene rings is 1. The molecule has 1 aromatic carbocycles. The van der Waals surface area contributed by atoms with E-state index in [1.165, 1.54) is 18.4 Å². The fraction of sp³-hybridized carbons (Fsp3) is 0.571. The van der Waals surface area contributed by atoms with E-state index in [0.29, 0.717) is 5.41 Å². The highest BCUT2D eigenvalue weighted by Gasteiger charge is 2.41. The molecule has 94 valence electrons. The number of nitrogens with one attached hydrogen (secondary N) is 2. The summed E-state index contributed by atoms with van der Waals surface area (Å²) >= 11 is 3.46. The van der Waals surface area contributed by atoms with Crippen molar-refractivity contribution in [2.75, 3.05) is 26.7 Å². The molecular formula is C14H21BrN2. The molecule has 0 unspecified atom stereocenters. The maximum atomic E-state index is 3.58. The van der Waals surface area contributed by atoms with Gasteiger partial charge >= 0.3 is 0 Å². The predicted molar refractivity (Wildman–Crippen MR) is 76.3 cm³/mol. The minimum Gasteiger partial charge on any atom is -0.319 e. The third kappa shape index (κ3) is 4.09. The van der Waals surface area contributed by atoms with Crippen molar-refractivity contribution in [2.45, 2.75) is 19.3 Å². The van der Waals surface area contributed by atoms with Crippen LogP contribution in [0.5, 0.6) is 0 Å². The van der Waals surface area contributed by atoms with Crippen LogP contribution in [-0.2, 0) is 6.42 Å². The molecule has 17 heavy (non-hydrogen) atoms. The van der Waals surface area contributed by atoms with E-state index in [1.807, 2.05) is 7.05 Å². The molecule has 0 radical (unpaired) electrons. The van der Waals surface area contributed by atoms with Gasteiger partial charge in [-0.15, -0.1) is 0 Å². The molecule has 0 spiro atoms. The number of hydrogen-bond acceptors (Lipinski definition) is 2. The standard InChI is InChI=1S/C14H21BrN2/c1-16-10-14(7-8-14)11-17-9-6-12-2-4-13(15)5-3-12/h2-5,16-17H,6-11H2,1H3. The average Bonchev–Trinajstić information content (AvgIpc) is 3.08. The zero-order valence-corrected chi connectivity index (χ0v) is 12.0. The van der Waals surface area contributed by atoms with Gasteiger partial charge in [-0.3, -0.25) is 0 Å². The van der Waals surface area contributed by atoms with Crippen molar-refractivity contribution in [1.29, 1.82) is 0 Å². The zero-order valence-electron chi connectivity index (χ0n) is 10.4. The van der Waals surface area contributed by atoms with Crippen molar-refractivity contribution < 1.29 is 0 Å². The molecule has 0 aliphatic heterocycles. The van der Waals surface area contributed by atoms with E-state index in [1.54, 1.807) is 0 Å². The second-order valence-electron chi connectivity index (χ2n) is 5.08. The summed E-state index contributed by atoms with van der Waals surface area (Å²) in [6.07, 6.45) is 3.86. The predicted octanol–water partition coefficient (Wildman–Crippen LogP) is 2.58. The van der Waals surface area contributed by atoms with Crippen LogP contribution in [0.15, 0.2) is 28.7 Å². The second kappa shape index (κ2) is 5.98. The van der Waals surface area contributed by atoms with E-state index in [0.717, 1.165) is 30.5 Å². The van der Waals surface area contributed by atoms with E-state index < -0.39 is 0 Å². The lowest BCUT2D eigenvalue weighted by Crippen LogP contribution is -2.32. The molecule has 1 aliphatic carbocycles. The fourth-order valence-electron chi connectivity index (χ4n) is 2.21. The fourth-order valence-corrected chi connectivity index (χ4v) is 2.47. The Balaban J connectivity index is 1.65. The Kier molecular flexibility index (Phi) is 4.60. The minimum atomic E-state index is 0.564. The van der Waals surface area contributed by atoms with Crippen LogP contribution in [0.2, 0.25) is 0 Å². The number of halogens is 1. The van der Waals surface area contributed by atoms with E-state index >= 15 is 0 Å². The van der Waals surface area contributed by atoms with Crippen LogP contribution in [0.4, 0.5) is 0 Å². The van der Waals surface area contributed by atoms with Crippen molar-refractivity contribution in [3.63, 3.8) is 0 Å². The third-order valence-corrected chi connectivity index (χ3v) is 4.04. The summed E-state index contributed by atoms with van der Waals surface area (Å²) in [5.41, 5.74) is 1.97. The van der Waals surface area contributed by atoms with Crippen molar-refractivity contribution in [2.24, 2.45) is 5.41 Å². The first-order chi connectivity index (χ1) is 8.24. The van der Waals surface area contributed by atoms with Crippen molar-refractivity contribution >= 4 is 15.9 Å². The van der Waals surface area contributed by atoms with Crippen LogP contribution >= 0.6 is 15.9 Å². The third-order valence-electron chi connectivity index (χ3n) is 3.51. The summed E-state index contributed by atoms with van der Waals surface area (Å²) in [6, 6.07) is 8.59. The van der Waals surface area contributed by atoms with Crippen LogP contribution < -0.4 is 10.6 Å². The summed E-state index contributed by atoms with van der Waals surface area (Å²) in [4.78, 5) is 0. The maximum Gasteiger partial charge on any atom is 0.0175 e. The molecule has 0 saturated heterocycles. The Morgan fingerprint density at radius 2 is 1.88 bits per heavy atom. The van der Waals surface area contributed by atoms with Gasteiger partial charge in [-0.25, -0.2) is 0 Å². The Labute approximate surface area is 112 Å². The lowest BCUT2D eigenvalue weighted by molar-refractivity contribution is 0.441. The molecule has 2 N–H and O–H groups in total. The Hall–Kier alpha value is -0.380. The summed E-state index contributed by atoms with van der Waals surface area (Å²) in [5, 5.41) is 6.87. The maximum absolute atomic E-state index is 3.58. The number of hydrogen-bond donors (Lipinski definition) is 2. The summed E-state index contributed by atoms with van der Waals surface area (Å²) in [5.74, 6) is 0. The topological polar surface area (TPSA) is 24.1 Å². The highest BCUT2D eigenvalue weighted by atomic mass is 79.9. The first kappa shape index (κ1) is 13.1. The molecule has 0 bridgehead atoms. The van der Waals surface area contributed by atoms with Gasteiger partial charge in [-0.1, -0.05) is 28.1 Å². The summed E-state index contributed by atoms with van der Waals surface area (Å²) < 4.78 is 1.15. The lowest BCUT2D eigenvalue weighted by Gasteiger charge is -2.15. The molecular weight excluding hydrogens is 276 g/mol. The van der Waals surface area contributed by atoms with E-state index in [-0.39, 0.29) is 0 Å². The number of rotatable bonds is 7. The molecule has 1 fully saturated rings. The Morgan fingerprint density at radius 1 is 1.18 bits per heavy atom. The molecule has 2 nitrogen and oxygen atoms in total. The average molecular weight is 297 g/mol. The second-order valence-corrected chi connectivity index (χ2v) is 6.00. The molecule has 3 heteroatoms. The molecule has 0 atom stereocenters. The molecule has 2 rings (SSSR count). The minimum absolute atomic E-state index is 0.564. The molecule has 0 heterocycles. The van der Waals surface area contributed by atoms with Gasteiger partial charge in [-0.2, -0.15) is 0 Å². The van der Waals surface area contributed by atoms with Gasteiger partial charge in [0.25, 0.3) is 0 Å². The van der Waals surface area contributed by atoms with Gasteiger partial charge in [0.2, 0.25) is 0 Å². The summed E-state index contributed by atoms with van der Waals surface area (Å²) in [7, 11) is 2.04. The molecule has 1 saturated carbocycles. The van der Waals surface area contributed by atoms with E-state index in [9.17, 15) is 0 Å². The summed E-state index contributed by atoms with van der Waals surface area (Å²) in [6.45, 7) is 3.38. The van der Waals surface area contributed by atoms with E-state index in [4.69, 9.17) is 0 Å². The zero-order chi connectivity index (χ0) is 12.1. The van der Waals surface area contributed by atoms with Crippen LogP contribution in [0.3, 0.4) is 0 Å². The van der Waals surface area contributed by atoms with Crippen molar-refractivity contribution in [1.82, 2.24) is 10.6 Å². The van der Waals surface area contributed by atoms with E-state index in [2.05, 4.69) is 50.8 Å². The molecule has 0 aromatic heterocycles. The lowest BCUT2D eigenvalue weighted by atomic mass is 10.1. The Bertz CT molecular complexity index is 344. The first-order valence-corrected chi connectivity index (χ1v) is 7.13. The molecule has 1 aliphatic rings. The SMILES string of the molecule is CNCC1(CNCCc2ccc(Br)cc2)CC1. The van der Waals surface area contributed by atoms with Crippen LogP contribution in [0, 0.1) is 5.41 Å². The quantitative estimate of drug-likeness (QED) is 0.756. The first-order valence-electron chi connectivity index (χ1n) is 6.34. The van der Waals surface area contributed by atoms with Gasteiger partial charge in [0, 0.05) is 17.6 Å². The highest BCUT2D eigenvalue weighted by molar-refractivity contribution is 9.10. The Morgan fingerprint density at radius 3 is 2.47 bits per heavy atom. The van der Waals surface area contributed by atoms with Gasteiger partial charge < -0.3 is 10.6 Å². The van der Waals surface area contributed by atoms with Crippen molar-refractivity contribution in [3.8, 4) is 0 Å². The van der Waals surface area contributed by atoms with Crippen molar-refractivity contribution in [3.05, 3.63) is 34.3 Å².